The van der Waals surface area contributed by atoms with E-state index in [2.05, 4.69) is 0 Å². The van der Waals surface area contributed by atoms with E-state index < -0.39 is 23.3 Å². The molecule has 0 spiro atoms. The van der Waals surface area contributed by atoms with Gasteiger partial charge < -0.3 is 9.84 Å². The molecule has 1 N–H and O–H groups in total. The number of rotatable bonds is 5. The Labute approximate surface area is 131 Å². The molecule has 0 saturated heterocycles. The Morgan fingerprint density at radius 2 is 2.00 bits per heavy atom. The van der Waals surface area contributed by atoms with Crippen LogP contribution in [0.25, 0.3) is 0 Å². The summed E-state index contributed by atoms with van der Waals surface area (Å²) in [6, 6.07) is 1.93. The number of benzene rings is 1. The Bertz CT molecular complexity index is 553. The van der Waals surface area contributed by atoms with E-state index in [1.54, 1.807) is 0 Å². The largest absolute Gasteiger partial charge is 0.492 e. The minimum Gasteiger partial charge on any atom is -0.492 e. The Morgan fingerprint density at radius 3 is 2.59 bits per heavy atom. The summed E-state index contributed by atoms with van der Waals surface area (Å²) in [4.78, 5) is 10.8. The highest BCUT2D eigenvalue weighted by Gasteiger charge is 2.34. The maximum Gasteiger partial charge on any atom is 0.338 e. The van der Waals surface area contributed by atoms with Crippen molar-refractivity contribution in [1.82, 2.24) is 0 Å². The molecule has 0 amide bonds. The lowest BCUT2D eigenvalue weighted by atomic mass is 9.85. The molecule has 22 heavy (non-hydrogen) atoms. The predicted octanol–water partition coefficient (Wildman–Crippen LogP) is 4.77. The zero-order chi connectivity index (χ0) is 16.3. The molecule has 7 heteroatoms. The average molecular weight is 337 g/mol. The van der Waals surface area contributed by atoms with E-state index in [0.717, 1.165) is 12.1 Å². The van der Waals surface area contributed by atoms with Crippen molar-refractivity contribution in [2.45, 2.75) is 38.0 Å². The molecule has 1 aliphatic carbocycles. The molecule has 2 rings (SSSR count). The molecule has 0 atom stereocenters. The molecule has 1 saturated carbocycles. The van der Waals surface area contributed by atoms with E-state index in [9.17, 15) is 18.0 Å². The quantitative estimate of drug-likeness (QED) is 0.842. The summed E-state index contributed by atoms with van der Waals surface area (Å²) in [6.45, 7) is 0.224. The van der Waals surface area contributed by atoms with Gasteiger partial charge in [0, 0.05) is 18.9 Å². The van der Waals surface area contributed by atoms with Crippen LogP contribution in [-0.4, -0.2) is 23.6 Å². The van der Waals surface area contributed by atoms with Crippen molar-refractivity contribution in [1.29, 1.82) is 0 Å². The molecule has 0 aromatic heterocycles. The van der Waals surface area contributed by atoms with Crippen LogP contribution in [0.5, 0.6) is 5.75 Å². The van der Waals surface area contributed by atoms with Gasteiger partial charge in [0.25, 0.3) is 0 Å². The van der Waals surface area contributed by atoms with Crippen LogP contribution in [0, 0.1) is 11.7 Å². The molecule has 1 fully saturated rings. The summed E-state index contributed by atoms with van der Waals surface area (Å²) < 4.78 is 45.0. The molecular weight excluding hydrogens is 321 g/mol. The zero-order valence-corrected chi connectivity index (χ0v) is 12.5. The summed E-state index contributed by atoms with van der Waals surface area (Å²) >= 11 is 5.85. The number of aromatic carboxylic acids is 1. The molecule has 0 aliphatic heterocycles. The molecule has 3 nitrogen and oxygen atoms in total. The highest BCUT2D eigenvalue weighted by Crippen LogP contribution is 2.37. The van der Waals surface area contributed by atoms with E-state index in [0.29, 0.717) is 19.3 Å². The van der Waals surface area contributed by atoms with Crippen LogP contribution >= 0.6 is 11.6 Å². The van der Waals surface area contributed by atoms with Crippen LogP contribution in [0.3, 0.4) is 0 Å². The first-order chi connectivity index (χ1) is 10.3. The number of hydrogen-bond acceptors (Lipinski definition) is 2. The monoisotopic (exact) mass is 336 g/mol. The first-order valence-corrected chi connectivity index (χ1v) is 7.39. The van der Waals surface area contributed by atoms with Gasteiger partial charge in [-0.1, -0.05) is 11.6 Å². The number of carboxylic acid groups (broad SMARTS) is 1. The first kappa shape index (κ1) is 16.9. The van der Waals surface area contributed by atoms with Gasteiger partial charge in [-0.15, -0.1) is 0 Å². The van der Waals surface area contributed by atoms with Crippen LogP contribution < -0.4 is 4.74 Å². The highest BCUT2D eigenvalue weighted by atomic mass is 35.5. The molecule has 1 aromatic rings. The normalized spacial score (nSPS) is 18.2. The van der Waals surface area contributed by atoms with Crippen molar-refractivity contribution < 1.29 is 27.8 Å². The standard InChI is InChI=1S/C15H16ClF3O3/c16-11-7-10(14(20)21)12(17)8-13(11)22-6-3-9-1-4-15(18,19)5-2-9/h7-9H,1-6H2,(H,20,21). The molecule has 1 aliphatic rings. The van der Waals surface area contributed by atoms with Crippen LogP contribution in [0.1, 0.15) is 42.5 Å². The molecule has 0 heterocycles. The number of alkyl halides is 2. The molecular formula is C15H16ClF3O3. The number of carboxylic acids is 1. The van der Waals surface area contributed by atoms with Crippen molar-refractivity contribution >= 4 is 17.6 Å². The Kier molecular flexibility index (Phi) is 5.21. The van der Waals surface area contributed by atoms with Gasteiger partial charge in [0.15, 0.2) is 0 Å². The van der Waals surface area contributed by atoms with Gasteiger partial charge in [-0.25, -0.2) is 18.0 Å². The van der Waals surface area contributed by atoms with E-state index in [1.165, 1.54) is 0 Å². The lowest BCUT2D eigenvalue weighted by Gasteiger charge is -2.28. The van der Waals surface area contributed by atoms with Crippen molar-refractivity contribution in [3.05, 3.63) is 28.5 Å². The fourth-order valence-corrected chi connectivity index (χ4v) is 2.75. The number of carbonyl (C=O) groups is 1. The second-order valence-corrected chi connectivity index (χ2v) is 5.91. The molecule has 1 aromatic carbocycles. The molecule has 0 radical (unpaired) electrons. The van der Waals surface area contributed by atoms with E-state index >= 15 is 0 Å². The van der Waals surface area contributed by atoms with Gasteiger partial charge in [-0.05, 0) is 31.2 Å². The number of hydrogen-bond donors (Lipinski definition) is 1. The van der Waals surface area contributed by atoms with Crippen LogP contribution in [0.4, 0.5) is 13.2 Å². The molecule has 0 unspecified atom stereocenters. The third kappa shape index (κ3) is 4.29. The third-order valence-corrected chi connectivity index (χ3v) is 4.17. The third-order valence-electron chi connectivity index (χ3n) is 3.87. The Morgan fingerprint density at radius 1 is 1.36 bits per heavy atom. The molecule has 0 bridgehead atoms. The van der Waals surface area contributed by atoms with E-state index in [1.807, 2.05) is 0 Å². The van der Waals surface area contributed by atoms with Crippen molar-refractivity contribution in [3.8, 4) is 5.75 Å². The Hall–Kier alpha value is -1.43. The van der Waals surface area contributed by atoms with E-state index in [4.69, 9.17) is 21.4 Å². The summed E-state index contributed by atoms with van der Waals surface area (Å²) in [6.07, 6.45) is 1.24. The minimum absolute atomic E-state index is 0.00831. The first-order valence-electron chi connectivity index (χ1n) is 7.01. The maximum absolute atomic E-state index is 13.5. The summed E-state index contributed by atoms with van der Waals surface area (Å²) in [7, 11) is 0. The van der Waals surface area contributed by atoms with Crippen molar-refractivity contribution in [2.24, 2.45) is 5.92 Å². The second kappa shape index (κ2) is 6.77. The van der Waals surface area contributed by atoms with Gasteiger partial charge in [0.05, 0.1) is 17.2 Å². The summed E-state index contributed by atoms with van der Waals surface area (Å²) in [5.74, 6) is -4.68. The van der Waals surface area contributed by atoms with Gasteiger partial charge >= 0.3 is 5.97 Å². The fourth-order valence-electron chi connectivity index (χ4n) is 2.53. The van der Waals surface area contributed by atoms with Crippen LogP contribution in [0.2, 0.25) is 5.02 Å². The lowest BCUT2D eigenvalue weighted by molar-refractivity contribution is -0.0475. The average Bonchev–Trinajstić information content (AvgIpc) is 2.43. The zero-order valence-electron chi connectivity index (χ0n) is 11.8. The second-order valence-electron chi connectivity index (χ2n) is 5.50. The van der Waals surface area contributed by atoms with Crippen molar-refractivity contribution in [3.63, 3.8) is 0 Å². The number of halogens is 4. The minimum atomic E-state index is -2.56. The van der Waals surface area contributed by atoms with Crippen molar-refractivity contribution in [2.75, 3.05) is 6.61 Å². The number of ether oxygens (including phenoxy) is 1. The van der Waals surface area contributed by atoms with Gasteiger partial charge in [0.1, 0.15) is 11.6 Å². The topological polar surface area (TPSA) is 46.5 Å². The maximum atomic E-state index is 13.5. The summed E-state index contributed by atoms with van der Waals surface area (Å²) in [5, 5.41) is 8.78. The lowest BCUT2D eigenvalue weighted by Crippen LogP contribution is -2.25. The van der Waals surface area contributed by atoms with Gasteiger partial charge in [-0.2, -0.15) is 0 Å². The smallest absolute Gasteiger partial charge is 0.338 e. The summed E-state index contributed by atoms with van der Waals surface area (Å²) in [5.41, 5.74) is -0.521. The van der Waals surface area contributed by atoms with Crippen LogP contribution in [-0.2, 0) is 0 Å². The fraction of sp³-hybridized carbons (Fsp3) is 0.533. The van der Waals surface area contributed by atoms with Gasteiger partial charge in [0.2, 0.25) is 5.92 Å². The molecule has 122 valence electrons. The van der Waals surface area contributed by atoms with E-state index in [-0.39, 0.29) is 36.1 Å². The highest BCUT2D eigenvalue weighted by molar-refractivity contribution is 6.32. The Balaban J connectivity index is 1.87. The predicted molar refractivity (Wildman–Crippen MR) is 75.4 cm³/mol. The SMILES string of the molecule is O=C(O)c1cc(Cl)c(OCCC2CCC(F)(F)CC2)cc1F. The van der Waals surface area contributed by atoms with Crippen LogP contribution in [0.15, 0.2) is 12.1 Å². The van der Waals surface area contributed by atoms with Gasteiger partial charge in [-0.3, -0.25) is 0 Å².